The highest BCUT2D eigenvalue weighted by atomic mass is 16.5. The highest BCUT2D eigenvalue weighted by Crippen LogP contribution is 2.16. The number of carbonyl (C=O) groups is 2. The molecule has 5 nitrogen and oxygen atoms in total. The molecule has 132 valence electrons. The fraction of sp³-hybridized carbons (Fsp3) is 0.300. The Morgan fingerprint density at radius 3 is 2.48 bits per heavy atom. The number of hydrogen-bond donors (Lipinski definition) is 2. The average Bonchev–Trinajstić information content (AvgIpc) is 2.61. The first-order valence-electron chi connectivity index (χ1n) is 8.22. The van der Waals surface area contributed by atoms with Gasteiger partial charge in [0, 0.05) is 12.1 Å². The standard InChI is InChI=1S/C20H23NO4/c1-14(20(23)24)12-16-6-9-17(10-7-16)21-19(22)11-8-15-4-3-5-18(13-15)25-2/h3-7,9-10,13-14H,8,11-12H2,1-2H3,(H,21,22)(H,23,24). The Bertz CT molecular complexity index is 725. The van der Waals surface area contributed by atoms with Gasteiger partial charge in [0.1, 0.15) is 5.75 Å². The van der Waals surface area contributed by atoms with Crippen LogP contribution in [0.3, 0.4) is 0 Å². The van der Waals surface area contributed by atoms with Crippen molar-refractivity contribution in [2.24, 2.45) is 5.92 Å². The highest BCUT2D eigenvalue weighted by Gasteiger charge is 2.11. The molecule has 0 aliphatic rings. The molecule has 1 atom stereocenters. The van der Waals surface area contributed by atoms with Gasteiger partial charge in [0.15, 0.2) is 0 Å². The molecule has 0 aromatic heterocycles. The quantitative estimate of drug-likeness (QED) is 0.770. The first-order valence-corrected chi connectivity index (χ1v) is 8.22. The number of nitrogens with one attached hydrogen (secondary N) is 1. The molecule has 5 heteroatoms. The SMILES string of the molecule is COc1cccc(CCC(=O)Nc2ccc(CC(C)C(=O)O)cc2)c1. The summed E-state index contributed by atoms with van der Waals surface area (Å²) in [6, 6.07) is 15.0. The van der Waals surface area contributed by atoms with E-state index in [-0.39, 0.29) is 5.91 Å². The predicted octanol–water partition coefficient (Wildman–Crippen LogP) is 3.53. The number of amides is 1. The fourth-order valence-electron chi connectivity index (χ4n) is 2.47. The number of carboxylic acids is 1. The van der Waals surface area contributed by atoms with Crippen molar-refractivity contribution in [1.29, 1.82) is 0 Å². The van der Waals surface area contributed by atoms with Crippen molar-refractivity contribution < 1.29 is 19.4 Å². The Labute approximate surface area is 147 Å². The smallest absolute Gasteiger partial charge is 0.306 e. The van der Waals surface area contributed by atoms with E-state index in [1.54, 1.807) is 26.2 Å². The summed E-state index contributed by atoms with van der Waals surface area (Å²) >= 11 is 0. The van der Waals surface area contributed by atoms with Gasteiger partial charge in [-0.25, -0.2) is 0 Å². The van der Waals surface area contributed by atoms with Gasteiger partial charge in [-0.15, -0.1) is 0 Å². The van der Waals surface area contributed by atoms with Gasteiger partial charge in [0.2, 0.25) is 5.91 Å². The lowest BCUT2D eigenvalue weighted by Gasteiger charge is -2.09. The van der Waals surface area contributed by atoms with Crippen LogP contribution in [0.1, 0.15) is 24.5 Å². The van der Waals surface area contributed by atoms with Crippen LogP contribution < -0.4 is 10.1 Å². The molecule has 0 saturated heterocycles. The van der Waals surface area contributed by atoms with Crippen LogP contribution in [0.5, 0.6) is 5.75 Å². The maximum Gasteiger partial charge on any atom is 0.306 e. The molecule has 0 heterocycles. The maximum atomic E-state index is 12.1. The summed E-state index contributed by atoms with van der Waals surface area (Å²) in [5, 5.41) is 11.8. The van der Waals surface area contributed by atoms with Crippen molar-refractivity contribution in [1.82, 2.24) is 0 Å². The van der Waals surface area contributed by atoms with Gasteiger partial charge in [-0.3, -0.25) is 9.59 Å². The molecule has 2 aromatic carbocycles. The van der Waals surface area contributed by atoms with Gasteiger partial charge in [0.05, 0.1) is 13.0 Å². The molecular formula is C20H23NO4. The number of rotatable bonds is 8. The van der Waals surface area contributed by atoms with Crippen molar-refractivity contribution >= 4 is 17.6 Å². The van der Waals surface area contributed by atoms with Gasteiger partial charge >= 0.3 is 5.97 Å². The summed E-state index contributed by atoms with van der Waals surface area (Å²) in [5.41, 5.74) is 2.69. The Morgan fingerprint density at radius 1 is 1.12 bits per heavy atom. The van der Waals surface area contributed by atoms with E-state index < -0.39 is 11.9 Å². The minimum Gasteiger partial charge on any atom is -0.497 e. The molecule has 0 spiro atoms. The second-order valence-electron chi connectivity index (χ2n) is 6.04. The van der Waals surface area contributed by atoms with E-state index in [9.17, 15) is 9.59 Å². The first kappa shape index (κ1) is 18.5. The third kappa shape index (κ3) is 5.95. The zero-order chi connectivity index (χ0) is 18.2. The second kappa shape index (κ2) is 8.87. The number of aryl methyl sites for hydroxylation is 1. The first-order chi connectivity index (χ1) is 12.0. The van der Waals surface area contributed by atoms with Gasteiger partial charge < -0.3 is 15.2 Å². The lowest BCUT2D eigenvalue weighted by Crippen LogP contribution is -2.13. The number of hydrogen-bond acceptors (Lipinski definition) is 3. The molecule has 0 aliphatic heterocycles. The number of carbonyl (C=O) groups excluding carboxylic acids is 1. The number of carboxylic acid groups (broad SMARTS) is 1. The van der Waals surface area contributed by atoms with Crippen molar-refractivity contribution in [2.75, 3.05) is 12.4 Å². The zero-order valence-corrected chi connectivity index (χ0v) is 14.5. The third-order valence-electron chi connectivity index (χ3n) is 3.98. The van der Waals surface area contributed by atoms with E-state index in [0.717, 1.165) is 16.9 Å². The normalized spacial score (nSPS) is 11.6. The number of methoxy groups -OCH3 is 1. The lowest BCUT2D eigenvalue weighted by molar-refractivity contribution is -0.141. The summed E-state index contributed by atoms with van der Waals surface area (Å²) in [7, 11) is 1.62. The molecule has 0 fully saturated rings. The van der Waals surface area contributed by atoms with Gasteiger partial charge in [0.25, 0.3) is 0 Å². The summed E-state index contributed by atoms with van der Waals surface area (Å²) < 4.78 is 5.17. The largest absolute Gasteiger partial charge is 0.497 e. The molecule has 2 N–H and O–H groups in total. The van der Waals surface area contributed by atoms with Crippen LogP contribution in [0, 0.1) is 5.92 Å². The van der Waals surface area contributed by atoms with Crippen LogP contribution in [-0.2, 0) is 22.4 Å². The number of aliphatic carboxylic acids is 1. The monoisotopic (exact) mass is 341 g/mol. The van der Waals surface area contributed by atoms with Gasteiger partial charge in [-0.05, 0) is 48.2 Å². The van der Waals surface area contributed by atoms with E-state index >= 15 is 0 Å². The summed E-state index contributed by atoms with van der Waals surface area (Å²) in [4.78, 5) is 23.0. The average molecular weight is 341 g/mol. The predicted molar refractivity (Wildman–Crippen MR) is 96.9 cm³/mol. The van der Waals surface area contributed by atoms with Crippen LogP contribution in [0.2, 0.25) is 0 Å². The number of anilines is 1. The van der Waals surface area contributed by atoms with E-state index in [1.807, 2.05) is 36.4 Å². The molecule has 0 radical (unpaired) electrons. The van der Waals surface area contributed by atoms with Crippen molar-refractivity contribution in [2.45, 2.75) is 26.2 Å². The fourth-order valence-corrected chi connectivity index (χ4v) is 2.47. The summed E-state index contributed by atoms with van der Waals surface area (Å²) in [6.07, 6.45) is 1.49. The molecule has 1 amide bonds. The number of benzene rings is 2. The minimum atomic E-state index is -0.810. The molecule has 0 bridgehead atoms. The second-order valence-corrected chi connectivity index (χ2v) is 6.04. The van der Waals surface area contributed by atoms with Crippen LogP contribution in [0.25, 0.3) is 0 Å². The molecule has 2 rings (SSSR count). The van der Waals surface area contributed by atoms with Crippen LogP contribution in [0.15, 0.2) is 48.5 Å². The molecule has 2 aromatic rings. The van der Waals surface area contributed by atoms with E-state index in [4.69, 9.17) is 9.84 Å². The molecular weight excluding hydrogens is 318 g/mol. The Balaban J connectivity index is 1.84. The van der Waals surface area contributed by atoms with Gasteiger partial charge in [-0.2, -0.15) is 0 Å². The third-order valence-corrected chi connectivity index (χ3v) is 3.98. The number of ether oxygens (including phenoxy) is 1. The lowest BCUT2D eigenvalue weighted by atomic mass is 10.0. The van der Waals surface area contributed by atoms with Crippen molar-refractivity contribution in [3.63, 3.8) is 0 Å². The molecule has 0 saturated carbocycles. The van der Waals surface area contributed by atoms with Crippen LogP contribution >= 0.6 is 0 Å². The van der Waals surface area contributed by atoms with E-state index in [2.05, 4.69) is 5.32 Å². The maximum absolute atomic E-state index is 12.1. The molecule has 0 aliphatic carbocycles. The van der Waals surface area contributed by atoms with E-state index in [0.29, 0.717) is 24.9 Å². The highest BCUT2D eigenvalue weighted by molar-refractivity contribution is 5.90. The molecule has 1 unspecified atom stereocenters. The Morgan fingerprint density at radius 2 is 1.84 bits per heavy atom. The Hall–Kier alpha value is -2.82. The van der Waals surface area contributed by atoms with E-state index in [1.165, 1.54) is 0 Å². The Kier molecular flexibility index (Phi) is 6.57. The van der Waals surface area contributed by atoms with Crippen LogP contribution in [-0.4, -0.2) is 24.1 Å². The topological polar surface area (TPSA) is 75.6 Å². The summed E-state index contributed by atoms with van der Waals surface area (Å²) in [6.45, 7) is 1.68. The van der Waals surface area contributed by atoms with Gasteiger partial charge in [-0.1, -0.05) is 31.2 Å². The minimum absolute atomic E-state index is 0.0607. The zero-order valence-electron chi connectivity index (χ0n) is 14.5. The molecule has 25 heavy (non-hydrogen) atoms. The van der Waals surface area contributed by atoms with Crippen molar-refractivity contribution in [3.8, 4) is 5.75 Å². The van der Waals surface area contributed by atoms with Crippen LogP contribution in [0.4, 0.5) is 5.69 Å². The summed E-state index contributed by atoms with van der Waals surface area (Å²) in [5.74, 6) is -0.517. The van der Waals surface area contributed by atoms with Crippen molar-refractivity contribution in [3.05, 3.63) is 59.7 Å².